The van der Waals surface area contributed by atoms with Gasteiger partial charge in [0.05, 0.1) is 18.6 Å². The van der Waals surface area contributed by atoms with Gasteiger partial charge in [-0.3, -0.25) is 0 Å². The Hall–Kier alpha value is -0.480. The van der Waals surface area contributed by atoms with Crippen molar-refractivity contribution in [3.05, 3.63) is 12.2 Å². The van der Waals surface area contributed by atoms with Crippen molar-refractivity contribution >= 4 is 0 Å². The monoisotopic (exact) mass is 191 g/mol. The Bertz CT molecular complexity index is 218. The van der Waals surface area contributed by atoms with E-state index in [9.17, 15) is 8.78 Å². The lowest BCUT2D eigenvalue weighted by Gasteiger charge is -2.43. The highest BCUT2D eigenvalue weighted by molar-refractivity contribution is 5.16. The molecule has 1 aliphatic rings. The lowest BCUT2D eigenvalue weighted by atomic mass is 9.71. The molecule has 76 valence electrons. The van der Waals surface area contributed by atoms with Crippen LogP contribution in [0.3, 0.4) is 0 Å². The molecule has 0 spiro atoms. The molecule has 4 heteroatoms. The normalized spacial score (nSPS) is 32.9. The third-order valence-corrected chi connectivity index (χ3v) is 2.86. The maximum Gasteiger partial charge on any atom is 0.271 e. The van der Waals surface area contributed by atoms with Gasteiger partial charge in [0.1, 0.15) is 0 Å². The first kappa shape index (κ1) is 10.6. The van der Waals surface area contributed by atoms with Gasteiger partial charge in [-0.25, -0.2) is 8.78 Å². The number of nitrogens with one attached hydrogen (secondary N) is 1. The van der Waals surface area contributed by atoms with Crippen molar-refractivity contribution < 1.29 is 13.9 Å². The van der Waals surface area contributed by atoms with Gasteiger partial charge in [0, 0.05) is 0 Å². The lowest BCUT2D eigenvalue weighted by molar-refractivity contribution is -0.138. The SMILES string of the molecule is C=C(C)C1(CO)CCNCC1(F)F. The summed E-state index contributed by atoms with van der Waals surface area (Å²) in [6, 6.07) is 0. The highest BCUT2D eigenvalue weighted by atomic mass is 19.3. The zero-order chi connectivity index (χ0) is 10.1. The van der Waals surface area contributed by atoms with Gasteiger partial charge in [-0.05, 0) is 19.9 Å². The summed E-state index contributed by atoms with van der Waals surface area (Å²) in [7, 11) is 0. The zero-order valence-corrected chi connectivity index (χ0v) is 7.74. The molecule has 2 nitrogen and oxygen atoms in total. The predicted octanol–water partition coefficient (Wildman–Crippen LogP) is 1.17. The van der Waals surface area contributed by atoms with E-state index in [1.165, 1.54) is 0 Å². The first-order valence-electron chi connectivity index (χ1n) is 4.32. The molecule has 1 unspecified atom stereocenters. The number of aliphatic hydroxyl groups excluding tert-OH is 1. The summed E-state index contributed by atoms with van der Waals surface area (Å²) in [5.74, 6) is -2.90. The lowest BCUT2D eigenvalue weighted by Crippen LogP contribution is -2.56. The van der Waals surface area contributed by atoms with Gasteiger partial charge >= 0.3 is 0 Å². The molecular weight excluding hydrogens is 176 g/mol. The summed E-state index contributed by atoms with van der Waals surface area (Å²) < 4.78 is 27.0. The maximum atomic E-state index is 13.5. The first-order valence-corrected chi connectivity index (χ1v) is 4.32. The van der Waals surface area contributed by atoms with Crippen LogP contribution >= 0.6 is 0 Å². The van der Waals surface area contributed by atoms with E-state index in [4.69, 9.17) is 5.11 Å². The van der Waals surface area contributed by atoms with Crippen molar-refractivity contribution in [3.8, 4) is 0 Å². The smallest absolute Gasteiger partial charge is 0.271 e. The Morgan fingerprint density at radius 2 is 2.23 bits per heavy atom. The van der Waals surface area contributed by atoms with Gasteiger partial charge in [0.15, 0.2) is 0 Å². The number of aliphatic hydroxyl groups is 1. The van der Waals surface area contributed by atoms with Gasteiger partial charge in [-0.15, -0.1) is 0 Å². The molecular formula is C9H15F2NO. The summed E-state index contributed by atoms with van der Waals surface area (Å²) in [6.07, 6.45) is 0.242. The Balaban J connectivity index is 2.99. The fraction of sp³-hybridized carbons (Fsp3) is 0.778. The van der Waals surface area contributed by atoms with Crippen LogP contribution in [0.4, 0.5) is 8.78 Å². The molecule has 1 heterocycles. The van der Waals surface area contributed by atoms with Gasteiger partial charge < -0.3 is 10.4 Å². The van der Waals surface area contributed by atoms with Crippen LogP contribution in [0.15, 0.2) is 12.2 Å². The van der Waals surface area contributed by atoms with Crippen LogP contribution in [0.2, 0.25) is 0 Å². The minimum absolute atomic E-state index is 0.242. The molecule has 1 aliphatic heterocycles. The number of hydrogen-bond donors (Lipinski definition) is 2. The average molecular weight is 191 g/mol. The van der Waals surface area contributed by atoms with Crippen LogP contribution in [0, 0.1) is 5.41 Å². The summed E-state index contributed by atoms with van der Waals surface area (Å²) in [5.41, 5.74) is -1.06. The number of halogens is 2. The van der Waals surface area contributed by atoms with Crippen molar-refractivity contribution in [3.63, 3.8) is 0 Å². The second-order valence-corrected chi connectivity index (χ2v) is 3.65. The molecule has 0 aliphatic carbocycles. The van der Waals surface area contributed by atoms with E-state index in [1.54, 1.807) is 6.92 Å². The van der Waals surface area contributed by atoms with Crippen LogP contribution in [0.1, 0.15) is 13.3 Å². The van der Waals surface area contributed by atoms with Gasteiger partial charge in [0.2, 0.25) is 0 Å². The van der Waals surface area contributed by atoms with E-state index in [0.717, 1.165) is 0 Å². The highest BCUT2D eigenvalue weighted by Crippen LogP contribution is 2.45. The molecule has 1 fully saturated rings. The first-order chi connectivity index (χ1) is 5.96. The van der Waals surface area contributed by atoms with Gasteiger partial charge in [-0.2, -0.15) is 0 Å². The third kappa shape index (κ3) is 1.48. The standard InChI is InChI=1S/C9H15F2NO/c1-7(2)8(6-13)3-4-12-5-9(8,10)11/h12-13H,1,3-6H2,2H3. The Kier molecular flexibility index (Phi) is 2.73. The Morgan fingerprint density at radius 1 is 1.62 bits per heavy atom. The maximum absolute atomic E-state index is 13.5. The fourth-order valence-corrected chi connectivity index (χ4v) is 1.75. The zero-order valence-electron chi connectivity index (χ0n) is 7.74. The highest BCUT2D eigenvalue weighted by Gasteiger charge is 2.55. The molecule has 1 rings (SSSR count). The Labute approximate surface area is 76.6 Å². The second kappa shape index (κ2) is 3.35. The molecule has 0 amide bonds. The minimum atomic E-state index is -2.90. The molecule has 13 heavy (non-hydrogen) atoms. The van der Waals surface area contributed by atoms with E-state index < -0.39 is 17.9 Å². The molecule has 2 N–H and O–H groups in total. The van der Waals surface area contributed by atoms with Crippen LogP contribution in [-0.2, 0) is 0 Å². The van der Waals surface area contributed by atoms with E-state index in [1.807, 2.05) is 0 Å². The van der Waals surface area contributed by atoms with Crippen molar-refractivity contribution in [2.24, 2.45) is 5.41 Å². The van der Waals surface area contributed by atoms with Crippen LogP contribution in [-0.4, -0.2) is 30.7 Å². The van der Waals surface area contributed by atoms with Gasteiger partial charge in [-0.1, -0.05) is 12.2 Å². The van der Waals surface area contributed by atoms with Crippen LogP contribution in [0.5, 0.6) is 0 Å². The third-order valence-electron chi connectivity index (χ3n) is 2.86. The molecule has 0 aromatic carbocycles. The minimum Gasteiger partial charge on any atom is -0.395 e. The summed E-state index contributed by atoms with van der Waals surface area (Å²) in [6.45, 7) is 4.70. The predicted molar refractivity (Wildman–Crippen MR) is 46.8 cm³/mol. The van der Waals surface area contributed by atoms with Crippen molar-refractivity contribution in [2.45, 2.75) is 19.3 Å². The number of piperidine rings is 1. The van der Waals surface area contributed by atoms with Crippen molar-refractivity contribution in [1.82, 2.24) is 5.32 Å². The van der Waals surface area contributed by atoms with E-state index in [2.05, 4.69) is 11.9 Å². The molecule has 1 saturated heterocycles. The average Bonchev–Trinajstić information content (AvgIpc) is 2.03. The summed E-state index contributed by atoms with van der Waals surface area (Å²) in [5, 5.41) is 11.7. The molecule has 0 aromatic rings. The summed E-state index contributed by atoms with van der Waals surface area (Å²) in [4.78, 5) is 0. The largest absolute Gasteiger partial charge is 0.395 e. The number of rotatable bonds is 2. The molecule has 0 aromatic heterocycles. The quantitative estimate of drug-likeness (QED) is 0.642. The summed E-state index contributed by atoms with van der Waals surface area (Å²) >= 11 is 0. The van der Waals surface area contributed by atoms with E-state index >= 15 is 0 Å². The van der Waals surface area contributed by atoms with E-state index in [0.29, 0.717) is 12.1 Å². The second-order valence-electron chi connectivity index (χ2n) is 3.65. The Morgan fingerprint density at radius 3 is 2.54 bits per heavy atom. The number of alkyl halides is 2. The molecule has 0 radical (unpaired) electrons. The van der Waals surface area contributed by atoms with E-state index in [-0.39, 0.29) is 13.0 Å². The molecule has 0 saturated carbocycles. The number of hydrogen-bond acceptors (Lipinski definition) is 2. The van der Waals surface area contributed by atoms with Crippen LogP contribution in [0.25, 0.3) is 0 Å². The fourth-order valence-electron chi connectivity index (χ4n) is 1.75. The van der Waals surface area contributed by atoms with Crippen molar-refractivity contribution in [1.29, 1.82) is 0 Å². The topological polar surface area (TPSA) is 32.3 Å². The molecule has 1 atom stereocenters. The molecule has 0 bridgehead atoms. The van der Waals surface area contributed by atoms with Crippen LogP contribution < -0.4 is 5.32 Å². The van der Waals surface area contributed by atoms with Gasteiger partial charge in [0.25, 0.3) is 5.92 Å². The van der Waals surface area contributed by atoms with Crippen molar-refractivity contribution in [2.75, 3.05) is 19.7 Å².